The molecular weight excluding hydrogens is 326 g/mol. The number of furan rings is 1. The molecule has 7 heteroatoms. The second-order valence-corrected chi connectivity index (χ2v) is 8.04. The van der Waals surface area contributed by atoms with Gasteiger partial charge in [-0.05, 0) is 35.2 Å². The predicted molar refractivity (Wildman–Crippen MR) is 91.8 cm³/mol. The Balaban J connectivity index is 1.69. The molecule has 0 aliphatic carbocycles. The molecule has 0 spiro atoms. The predicted octanol–water partition coefficient (Wildman–Crippen LogP) is 1.84. The number of rotatable bonds is 6. The highest BCUT2D eigenvalue weighted by Gasteiger charge is 2.20. The van der Waals surface area contributed by atoms with Crippen LogP contribution in [0.5, 0.6) is 0 Å². The first-order chi connectivity index (χ1) is 11.4. The van der Waals surface area contributed by atoms with Gasteiger partial charge in [0.05, 0.1) is 12.8 Å². The van der Waals surface area contributed by atoms with Crippen molar-refractivity contribution >= 4 is 10.0 Å². The topological polar surface area (TPSA) is 75.4 Å². The first-order valence-corrected chi connectivity index (χ1v) is 10.0. The van der Waals surface area contributed by atoms with E-state index in [1.807, 2.05) is 18.3 Å². The molecule has 3 heterocycles. The minimum absolute atomic E-state index is 0.299. The van der Waals surface area contributed by atoms with Crippen LogP contribution in [0.25, 0.3) is 0 Å². The minimum Gasteiger partial charge on any atom is -0.465 e. The Kier molecular flexibility index (Phi) is 5.03. The molecule has 0 saturated heterocycles. The standard InChI is InChI=1S/C17H23N3O3S/c1-3-15-4-5-16(23-15)12-20-7-6-17-13(10-19-24(2,21)22)8-18-9-14(17)11-20/h4-5,8-9,19H,3,6-7,10-12H2,1-2H3. The molecule has 6 nitrogen and oxygen atoms in total. The monoisotopic (exact) mass is 349 g/mol. The zero-order chi connectivity index (χ0) is 17.2. The summed E-state index contributed by atoms with van der Waals surface area (Å²) >= 11 is 0. The summed E-state index contributed by atoms with van der Waals surface area (Å²) in [5.41, 5.74) is 3.34. The van der Waals surface area contributed by atoms with Gasteiger partial charge in [-0.2, -0.15) is 0 Å². The molecule has 1 N–H and O–H groups in total. The molecule has 0 unspecified atom stereocenters. The molecule has 0 radical (unpaired) electrons. The molecule has 130 valence electrons. The average Bonchev–Trinajstić information content (AvgIpc) is 2.99. The van der Waals surface area contributed by atoms with E-state index in [1.165, 1.54) is 11.8 Å². The molecule has 1 aliphatic rings. The lowest BCUT2D eigenvalue weighted by Gasteiger charge is -2.29. The summed E-state index contributed by atoms with van der Waals surface area (Å²) < 4.78 is 31.0. The Morgan fingerprint density at radius 3 is 2.79 bits per heavy atom. The lowest BCUT2D eigenvalue weighted by molar-refractivity contribution is 0.223. The summed E-state index contributed by atoms with van der Waals surface area (Å²) in [4.78, 5) is 6.60. The quantitative estimate of drug-likeness (QED) is 0.861. The van der Waals surface area contributed by atoms with E-state index >= 15 is 0 Å². The van der Waals surface area contributed by atoms with E-state index in [0.717, 1.165) is 55.1 Å². The Labute approximate surface area is 142 Å². The van der Waals surface area contributed by atoms with Crippen LogP contribution >= 0.6 is 0 Å². The summed E-state index contributed by atoms with van der Waals surface area (Å²) in [6, 6.07) is 4.07. The molecule has 24 heavy (non-hydrogen) atoms. The number of hydrogen-bond donors (Lipinski definition) is 1. The summed E-state index contributed by atoms with van der Waals surface area (Å²) in [6.45, 7) is 4.89. The number of nitrogens with one attached hydrogen (secondary N) is 1. The van der Waals surface area contributed by atoms with Crippen LogP contribution in [0.15, 0.2) is 28.9 Å². The third-order valence-corrected chi connectivity index (χ3v) is 4.95. The van der Waals surface area contributed by atoms with Gasteiger partial charge in [-0.25, -0.2) is 13.1 Å². The normalized spacial score (nSPS) is 15.4. The van der Waals surface area contributed by atoms with Gasteiger partial charge in [0.1, 0.15) is 11.5 Å². The van der Waals surface area contributed by atoms with E-state index in [9.17, 15) is 8.42 Å². The Bertz CT molecular complexity index is 814. The first kappa shape index (κ1) is 17.1. The van der Waals surface area contributed by atoms with Crippen molar-refractivity contribution in [1.82, 2.24) is 14.6 Å². The fourth-order valence-electron chi connectivity index (χ4n) is 3.04. The van der Waals surface area contributed by atoms with Crippen LogP contribution < -0.4 is 4.72 Å². The van der Waals surface area contributed by atoms with Crippen LogP contribution in [0.1, 0.15) is 35.1 Å². The first-order valence-electron chi connectivity index (χ1n) is 8.14. The van der Waals surface area contributed by atoms with Gasteiger partial charge in [0.25, 0.3) is 0 Å². The average molecular weight is 349 g/mol. The highest BCUT2D eigenvalue weighted by Crippen LogP contribution is 2.23. The van der Waals surface area contributed by atoms with Gasteiger partial charge in [-0.3, -0.25) is 9.88 Å². The number of hydrogen-bond acceptors (Lipinski definition) is 5. The molecule has 0 bridgehead atoms. The molecule has 0 amide bonds. The van der Waals surface area contributed by atoms with Crippen molar-refractivity contribution in [2.45, 2.75) is 39.4 Å². The van der Waals surface area contributed by atoms with E-state index < -0.39 is 10.0 Å². The highest BCUT2D eigenvalue weighted by atomic mass is 32.2. The fraction of sp³-hybridized carbons (Fsp3) is 0.471. The van der Waals surface area contributed by atoms with Crippen LogP contribution in [-0.4, -0.2) is 31.1 Å². The Morgan fingerprint density at radius 2 is 2.08 bits per heavy atom. The Morgan fingerprint density at radius 1 is 1.29 bits per heavy atom. The van der Waals surface area contributed by atoms with Gasteiger partial charge >= 0.3 is 0 Å². The number of aromatic nitrogens is 1. The lowest BCUT2D eigenvalue weighted by Crippen LogP contribution is -2.31. The lowest BCUT2D eigenvalue weighted by atomic mass is 9.97. The number of nitrogens with zero attached hydrogens (tertiary/aromatic N) is 2. The maximum Gasteiger partial charge on any atom is 0.209 e. The zero-order valence-electron chi connectivity index (χ0n) is 14.1. The highest BCUT2D eigenvalue weighted by molar-refractivity contribution is 7.88. The maximum absolute atomic E-state index is 11.3. The van der Waals surface area contributed by atoms with Crippen LogP contribution in [0.2, 0.25) is 0 Å². The van der Waals surface area contributed by atoms with Crippen LogP contribution in [0.3, 0.4) is 0 Å². The minimum atomic E-state index is -3.20. The van der Waals surface area contributed by atoms with Crippen molar-refractivity contribution in [2.75, 3.05) is 12.8 Å². The van der Waals surface area contributed by atoms with Gasteiger partial charge in [0.2, 0.25) is 10.0 Å². The van der Waals surface area contributed by atoms with Crippen LogP contribution in [-0.2, 0) is 42.5 Å². The third kappa shape index (κ3) is 4.23. The van der Waals surface area contributed by atoms with Gasteiger partial charge in [0, 0.05) is 38.4 Å². The van der Waals surface area contributed by atoms with Crippen molar-refractivity contribution in [1.29, 1.82) is 0 Å². The number of fused-ring (bicyclic) bond motifs is 1. The van der Waals surface area contributed by atoms with Crippen LogP contribution in [0.4, 0.5) is 0 Å². The number of pyridine rings is 1. The van der Waals surface area contributed by atoms with Crippen LogP contribution in [0, 0.1) is 0 Å². The van der Waals surface area contributed by atoms with Gasteiger partial charge in [-0.15, -0.1) is 0 Å². The largest absolute Gasteiger partial charge is 0.465 e. The molecule has 3 rings (SSSR count). The molecule has 0 fully saturated rings. The summed E-state index contributed by atoms with van der Waals surface area (Å²) in [5, 5.41) is 0. The zero-order valence-corrected chi connectivity index (χ0v) is 14.9. The van der Waals surface area contributed by atoms with Gasteiger partial charge < -0.3 is 4.42 Å². The molecule has 2 aromatic heterocycles. The van der Waals surface area contributed by atoms with E-state index in [0.29, 0.717) is 6.54 Å². The third-order valence-electron chi connectivity index (χ3n) is 4.28. The summed E-state index contributed by atoms with van der Waals surface area (Å²) in [6.07, 6.45) is 6.60. The van der Waals surface area contributed by atoms with Crippen molar-refractivity contribution < 1.29 is 12.8 Å². The fourth-order valence-corrected chi connectivity index (χ4v) is 3.46. The van der Waals surface area contributed by atoms with Gasteiger partial charge in [-0.1, -0.05) is 6.92 Å². The number of sulfonamides is 1. The van der Waals surface area contributed by atoms with Crippen molar-refractivity contribution in [3.05, 3.63) is 52.7 Å². The van der Waals surface area contributed by atoms with Crippen molar-refractivity contribution in [2.24, 2.45) is 0 Å². The second-order valence-electron chi connectivity index (χ2n) is 6.21. The van der Waals surface area contributed by atoms with E-state index in [4.69, 9.17) is 4.42 Å². The van der Waals surface area contributed by atoms with E-state index in [2.05, 4.69) is 21.5 Å². The maximum atomic E-state index is 11.3. The number of aryl methyl sites for hydroxylation is 1. The van der Waals surface area contributed by atoms with E-state index in [1.54, 1.807) is 6.20 Å². The summed E-state index contributed by atoms with van der Waals surface area (Å²) in [7, 11) is -3.20. The molecule has 1 aliphatic heterocycles. The Hall–Kier alpha value is -1.70. The van der Waals surface area contributed by atoms with Crippen molar-refractivity contribution in [3.8, 4) is 0 Å². The SMILES string of the molecule is CCc1ccc(CN2CCc3c(CNS(C)(=O)=O)cncc3C2)o1. The second kappa shape index (κ2) is 7.04. The molecular formula is C17H23N3O3S. The van der Waals surface area contributed by atoms with E-state index in [-0.39, 0.29) is 0 Å². The smallest absolute Gasteiger partial charge is 0.209 e. The van der Waals surface area contributed by atoms with Gasteiger partial charge in [0.15, 0.2) is 0 Å². The molecule has 0 atom stereocenters. The summed E-state index contributed by atoms with van der Waals surface area (Å²) in [5.74, 6) is 2.00. The molecule has 0 saturated carbocycles. The van der Waals surface area contributed by atoms with Crippen molar-refractivity contribution in [3.63, 3.8) is 0 Å². The molecule has 0 aromatic carbocycles. The molecule has 2 aromatic rings.